The van der Waals surface area contributed by atoms with E-state index in [0.29, 0.717) is 49.1 Å². The molecule has 2 aliphatic rings. The summed E-state index contributed by atoms with van der Waals surface area (Å²) in [5.74, 6) is 0.302. The first-order chi connectivity index (χ1) is 16.7. The van der Waals surface area contributed by atoms with Crippen LogP contribution in [0.4, 0.5) is 21.7 Å². The van der Waals surface area contributed by atoms with Crippen LogP contribution in [0.25, 0.3) is 11.3 Å². The number of pyridine rings is 1. The molecule has 1 aromatic carbocycles. The van der Waals surface area contributed by atoms with Crippen molar-refractivity contribution >= 4 is 17.3 Å². The Hall–Kier alpha value is -3.77. The van der Waals surface area contributed by atoms with Crippen molar-refractivity contribution in [3.63, 3.8) is 0 Å². The zero-order valence-corrected chi connectivity index (χ0v) is 20.1. The number of halogens is 1. The van der Waals surface area contributed by atoms with Crippen LogP contribution in [-0.2, 0) is 12.0 Å². The number of aryl methyl sites for hydroxylation is 1. The number of hydrogen-bond acceptors (Lipinski definition) is 7. The molecule has 0 saturated carbocycles. The summed E-state index contributed by atoms with van der Waals surface area (Å²) in [5, 5.41) is 16.1. The van der Waals surface area contributed by atoms with Crippen LogP contribution in [0.2, 0.25) is 0 Å². The van der Waals surface area contributed by atoms with Crippen molar-refractivity contribution in [2.24, 2.45) is 0 Å². The average molecular weight is 474 g/mol. The van der Waals surface area contributed by atoms with Crippen molar-refractivity contribution in [1.29, 1.82) is 5.26 Å². The lowest BCUT2D eigenvalue weighted by Gasteiger charge is -2.34. The van der Waals surface area contributed by atoms with Gasteiger partial charge in [0.1, 0.15) is 17.9 Å². The maximum Gasteiger partial charge on any atom is 0.274 e. The highest BCUT2D eigenvalue weighted by Crippen LogP contribution is 2.40. The van der Waals surface area contributed by atoms with Crippen LogP contribution >= 0.6 is 0 Å². The Kier molecular flexibility index (Phi) is 5.77. The standard InChI is InChI=1S/C26H28FN7O/c1-16-8-22(24(35)34(12-16)7-6-33-13-19(27)14-33)32-25-29-5-4-21(31-25)17-9-18(11-28)23-20(10-17)26(2,3)15-30-23/h4-5,8-10,12,19,30H,6-7,13-15H2,1-3H3,(H,29,31,32). The molecule has 1 fully saturated rings. The van der Waals surface area contributed by atoms with Gasteiger partial charge < -0.3 is 15.2 Å². The van der Waals surface area contributed by atoms with Gasteiger partial charge in [-0.15, -0.1) is 0 Å². The Morgan fingerprint density at radius 1 is 1.29 bits per heavy atom. The molecule has 180 valence electrons. The van der Waals surface area contributed by atoms with E-state index in [2.05, 4.69) is 46.6 Å². The third kappa shape index (κ3) is 4.49. The number of hydrogen-bond donors (Lipinski definition) is 2. The van der Waals surface area contributed by atoms with E-state index in [1.54, 1.807) is 29.1 Å². The number of alkyl halides is 1. The monoisotopic (exact) mass is 473 g/mol. The molecule has 0 bridgehead atoms. The van der Waals surface area contributed by atoms with Gasteiger partial charge in [0.25, 0.3) is 5.56 Å². The molecule has 1 saturated heterocycles. The highest BCUT2D eigenvalue weighted by molar-refractivity contribution is 5.76. The molecule has 0 aliphatic carbocycles. The predicted molar refractivity (Wildman–Crippen MR) is 134 cm³/mol. The molecule has 9 heteroatoms. The van der Waals surface area contributed by atoms with Crippen molar-refractivity contribution in [3.05, 3.63) is 63.7 Å². The van der Waals surface area contributed by atoms with Crippen LogP contribution < -0.4 is 16.2 Å². The van der Waals surface area contributed by atoms with Gasteiger partial charge in [0, 0.05) is 56.1 Å². The summed E-state index contributed by atoms with van der Waals surface area (Å²) in [6.07, 6.45) is 2.68. The summed E-state index contributed by atoms with van der Waals surface area (Å²) in [6.45, 7) is 8.94. The molecule has 3 aromatic rings. The van der Waals surface area contributed by atoms with E-state index in [-0.39, 0.29) is 11.0 Å². The SMILES string of the molecule is Cc1cc(Nc2nccc(-c3cc(C#N)c4c(c3)C(C)(C)CN4)n2)c(=O)n(CCN2CC(F)C2)c1. The molecule has 0 amide bonds. The maximum absolute atomic E-state index is 13.1. The largest absolute Gasteiger partial charge is 0.383 e. The Bertz CT molecular complexity index is 1390. The first-order valence-corrected chi connectivity index (χ1v) is 11.7. The molecule has 4 heterocycles. The topological polar surface area (TPSA) is 98.9 Å². The number of nitrogens with zero attached hydrogens (tertiary/aromatic N) is 5. The van der Waals surface area contributed by atoms with E-state index in [1.807, 2.05) is 17.9 Å². The van der Waals surface area contributed by atoms with E-state index in [0.717, 1.165) is 28.9 Å². The minimum atomic E-state index is -0.761. The number of nitriles is 1. The molecule has 2 aromatic heterocycles. The fraction of sp³-hybridized carbons (Fsp3) is 0.385. The lowest BCUT2D eigenvalue weighted by molar-refractivity contribution is 0.0626. The molecule has 0 spiro atoms. The quantitative estimate of drug-likeness (QED) is 0.565. The molecule has 0 unspecified atom stereocenters. The molecular formula is C26H28FN7O. The fourth-order valence-electron chi connectivity index (χ4n) is 4.69. The van der Waals surface area contributed by atoms with Crippen LogP contribution in [0, 0.1) is 18.3 Å². The molecule has 35 heavy (non-hydrogen) atoms. The Morgan fingerprint density at radius 2 is 2.09 bits per heavy atom. The summed E-state index contributed by atoms with van der Waals surface area (Å²) in [6, 6.07) is 9.76. The van der Waals surface area contributed by atoms with Crippen molar-refractivity contribution in [3.8, 4) is 17.3 Å². The number of fused-ring (bicyclic) bond motifs is 1. The first-order valence-electron chi connectivity index (χ1n) is 11.7. The molecule has 0 atom stereocenters. The van der Waals surface area contributed by atoms with Crippen LogP contribution in [0.1, 0.15) is 30.5 Å². The van der Waals surface area contributed by atoms with Crippen molar-refractivity contribution < 1.29 is 4.39 Å². The molecule has 8 nitrogen and oxygen atoms in total. The number of nitrogens with one attached hydrogen (secondary N) is 2. The van der Waals surface area contributed by atoms with Gasteiger partial charge in [-0.2, -0.15) is 5.26 Å². The highest BCUT2D eigenvalue weighted by Gasteiger charge is 2.32. The van der Waals surface area contributed by atoms with Crippen LogP contribution in [0.3, 0.4) is 0 Å². The van der Waals surface area contributed by atoms with Gasteiger partial charge in [0.2, 0.25) is 5.95 Å². The summed E-state index contributed by atoms with van der Waals surface area (Å²) in [7, 11) is 0. The molecule has 2 N–H and O–H groups in total. The lowest BCUT2D eigenvalue weighted by atomic mass is 9.85. The van der Waals surface area contributed by atoms with E-state index < -0.39 is 6.17 Å². The second-order valence-electron chi connectivity index (χ2n) is 9.97. The summed E-state index contributed by atoms with van der Waals surface area (Å²) >= 11 is 0. The third-order valence-corrected chi connectivity index (χ3v) is 6.69. The van der Waals surface area contributed by atoms with Gasteiger partial charge in [-0.05, 0) is 42.3 Å². The second-order valence-corrected chi connectivity index (χ2v) is 9.97. The van der Waals surface area contributed by atoms with Crippen LogP contribution in [0.5, 0.6) is 0 Å². The summed E-state index contributed by atoms with van der Waals surface area (Å²) in [4.78, 5) is 24.0. The predicted octanol–water partition coefficient (Wildman–Crippen LogP) is 3.59. The van der Waals surface area contributed by atoms with E-state index in [4.69, 9.17) is 0 Å². The van der Waals surface area contributed by atoms with Crippen molar-refractivity contribution in [2.45, 2.75) is 38.9 Å². The number of likely N-dealkylation sites (tertiary alicyclic amines) is 1. The second kappa shape index (κ2) is 8.78. The first kappa shape index (κ1) is 23.0. The highest BCUT2D eigenvalue weighted by atomic mass is 19.1. The average Bonchev–Trinajstić information content (AvgIpc) is 3.12. The van der Waals surface area contributed by atoms with E-state index in [1.165, 1.54) is 0 Å². The maximum atomic E-state index is 13.1. The summed E-state index contributed by atoms with van der Waals surface area (Å²) < 4.78 is 14.7. The van der Waals surface area contributed by atoms with Gasteiger partial charge >= 0.3 is 0 Å². The zero-order valence-electron chi connectivity index (χ0n) is 20.1. The molecular weight excluding hydrogens is 445 g/mol. The van der Waals surface area contributed by atoms with E-state index >= 15 is 0 Å². The fourth-order valence-corrected chi connectivity index (χ4v) is 4.69. The molecule has 2 aliphatic heterocycles. The van der Waals surface area contributed by atoms with Crippen molar-refractivity contribution in [2.75, 3.05) is 36.8 Å². The lowest BCUT2D eigenvalue weighted by Crippen LogP contribution is -2.49. The Balaban J connectivity index is 1.42. The van der Waals surface area contributed by atoms with Gasteiger partial charge in [0.05, 0.1) is 16.9 Å². The zero-order chi connectivity index (χ0) is 24.7. The number of aromatic nitrogens is 3. The van der Waals surface area contributed by atoms with Gasteiger partial charge in [-0.1, -0.05) is 13.8 Å². The minimum Gasteiger partial charge on any atom is -0.383 e. The van der Waals surface area contributed by atoms with Gasteiger partial charge in [0.15, 0.2) is 0 Å². The summed E-state index contributed by atoms with van der Waals surface area (Å²) in [5.41, 5.74) is 5.06. The minimum absolute atomic E-state index is 0.0983. The Morgan fingerprint density at radius 3 is 2.83 bits per heavy atom. The molecule has 5 rings (SSSR count). The number of rotatable bonds is 6. The van der Waals surface area contributed by atoms with E-state index in [9.17, 15) is 14.4 Å². The van der Waals surface area contributed by atoms with Crippen molar-refractivity contribution in [1.82, 2.24) is 19.4 Å². The van der Waals surface area contributed by atoms with Crippen LogP contribution in [-0.4, -0.2) is 51.8 Å². The molecule has 0 radical (unpaired) electrons. The Labute approximate surface area is 203 Å². The number of anilines is 3. The third-order valence-electron chi connectivity index (χ3n) is 6.69. The van der Waals surface area contributed by atoms with Crippen LogP contribution in [0.15, 0.2) is 41.5 Å². The van der Waals surface area contributed by atoms with Gasteiger partial charge in [-0.3, -0.25) is 9.69 Å². The van der Waals surface area contributed by atoms with Gasteiger partial charge in [-0.25, -0.2) is 14.4 Å². The number of benzene rings is 1. The normalized spacial score (nSPS) is 16.8. The smallest absolute Gasteiger partial charge is 0.274 e.